The monoisotopic (exact) mass is 240 g/mol. The molecule has 1 aromatic heterocycles. The van der Waals surface area contributed by atoms with E-state index in [-0.39, 0.29) is 0 Å². The third kappa shape index (κ3) is 2.90. The first-order chi connectivity index (χ1) is 7.77. The molecule has 0 bridgehead atoms. The number of likely N-dealkylation sites (N-methyl/N-ethyl adjacent to an activating group) is 1. The van der Waals surface area contributed by atoms with Gasteiger partial charge >= 0.3 is 0 Å². The second kappa shape index (κ2) is 5.57. The fourth-order valence-corrected chi connectivity index (χ4v) is 2.20. The molecule has 2 rings (SSSR count). The van der Waals surface area contributed by atoms with Gasteiger partial charge in [0.1, 0.15) is 0 Å². The minimum atomic E-state index is 0.512. The number of nitrogens with one attached hydrogen (secondary N) is 1. The number of nitrogens with zero attached hydrogens (tertiary/aromatic N) is 3. The van der Waals surface area contributed by atoms with E-state index in [4.69, 9.17) is 11.6 Å². The van der Waals surface area contributed by atoms with E-state index in [1.807, 2.05) is 0 Å². The van der Waals surface area contributed by atoms with Gasteiger partial charge in [-0.05, 0) is 26.4 Å². The Balaban J connectivity index is 1.96. The molecular weight excluding hydrogens is 224 g/mol. The summed E-state index contributed by atoms with van der Waals surface area (Å²) in [5.74, 6) is 0. The maximum atomic E-state index is 5.99. The number of hydrogen-bond donors (Lipinski definition) is 1. The van der Waals surface area contributed by atoms with Gasteiger partial charge in [0.2, 0.25) is 0 Å². The van der Waals surface area contributed by atoms with E-state index in [2.05, 4.69) is 27.2 Å². The van der Waals surface area contributed by atoms with Crippen molar-refractivity contribution in [1.29, 1.82) is 0 Å². The molecule has 1 fully saturated rings. The van der Waals surface area contributed by atoms with E-state index >= 15 is 0 Å². The molecule has 1 atom stereocenters. The standard InChI is InChI=1S/C11H17ClN4/c1-16(9-3-2-4-13-7-9)8-10-11(12)15-6-5-14-10/h5-6,9,13H,2-4,7-8H2,1H3. The lowest BCUT2D eigenvalue weighted by molar-refractivity contribution is 0.194. The molecule has 1 aliphatic heterocycles. The van der Waals surface area contributed by atoms with Crippen LogP contribution in [0.2, 0.25) is 5.15 Å². The smallest absolute Gasteiger partial charge is 0.151 e. The highest BCUT2D eigenvalue weighted by molar-refractivity contribution is 6.29. The molecule has 0 aromatic carbocycles. The second-order valence-corrected chi connectivity index (χ2v) is 4.57. The molecule has 1 aliphatic rings. The van der Waals surface area contributed by atoms with Gasteiger partial charge in [0.25, 0.3) is 0 Å². The fraction of sp³-hybridized carbons (Fsp3) is 0.636. The van der Waals surface area contributed by atoms with Gasteiger partial charge in [-0.15, -0.1) is 0 Å². The first-order valence-electron chi connectivity index (χ1n) is 5.63. The first-order valence-corrected chi connectivity index (χ1v) is 6.01. The Labute approximate surface area is 101 Å². The van der Waals surface area contributed by atoms with Crippen LogP contribution in [0.5, 0.6) is 0 Å². The summed E-state index contributed by atoms with van der Waals surface area (Å²) in [6.07, 6.45) is 5.78. The van der Waals surface area contributed by atoms with Crippen molar-refractivity contribution in [2.45, 2.75) is 25.4 Å². The van der Waals surface area contributed by atoms with Crippen molar-refractivity contribution >= 4 is 11.6 Å². The summed E-state index contributed by atoms with van der Waals surface area (Å²) >= 11 is 5.99. The molecule has 1 saturated heterocycles. The highest BCUT2D eigenvalue weighted by Gasteiger charge is 2.18. The molecule has 0 spiro atoms. The molecule has 1 N–H and O–H groups in total. The number of rotatable bonds is 3. The molecule has 1 aromatic rings. The predicted molar refractivity (Wildman–Crippen MR) is 64.4 cm³/mol. The van der Waals surface area contributed by atoms with Crippen molar-refractivity contribution in [3.05, 3.63) is 23.2 Å². The summed E-state index contributed by atoms with van der Waals surface area (Å²) in [5, 5.41) is 3.92. The molecule has 0 amide bonds. The summed E-state index contributed by atoms with van der Waals surface area (Å²) in [6.45, 7) is 2.95. The summed E-state index contributed by atoms with van der Waals surface area (Å²) in [5.41, 5.74) is 0.859. The van der Waals surface area contributed by atoms with Crippen LogP contribution in [0.25, 0.3) is 0 Å². The predicted octanol–water partition coefficient (Wildman–Crippen LogP) is 1.31. The van der Waals surface area contributed by atoms with E-state index in [0.29, 0.717) is 11.2 Å². The summed E-state index contributed by atoms with van der Waals surface area (Å²) < 4.78 is 0. The highest BCUT2D eigenvalue weighted by atomic mass is 35.5. The van der Waals surface area contributed by atoms with E-state index < -0.39 is 0 Å². The van der Waals surface area contributed by atoms with Crippen molar-refractivity contribution in [1.82, 2.24) is 20.2 Å². The van der Waals surface area contributed by atoms with Crippen molar-refractivity contribution < 1.29 is 0 Å². The third-order valence-electron chi connectivity index (χ3n) is 3.02. The van der Waals surface area contributed by atoms with Crippen LogP contribution < -0.4 is 5.32 Å². The van der Waals surface area contributed by atoms with Crippen LogP contribution >= 0.6 is 11.6 Å². The quantitative estimate of drug-likeness (QED) is 0.865. The molecule has 0 saturated carbocycles. The van der Waals surface area contributed by atoms with E-state index in [1.165, 1.54) is 12.8 Å². The van der Waals surface area contributed by atoms with Crippen LogP contribution in [0, 0.1) is 0 Å². The van der Waals surface area contributed by atoms with Crippen LogP contribution in [0.15, 0.2) is 12.4 Å². The molecular formula is C11H17ClN4. The Kier molecular flexibility index (Phi) is 4.09. The summed E-state index contributed by atoms with van der Waals surface area (Å²) in [4.78, 5) is 10.6. The molecule has 16 heavy (non-hydrogen) atoms. The fourth-order valence-electron chi connectivity index (χ4n) is 2.03. The molecule has 88 valence electrons. The normalized spacial score (nSPS) is 21.3. The minimum Gasteiger partial charge on any atom is -0.315 e. The third-order valence-corrected chi connectivity index (χ3v) is 3.33. The number of halogens is 1. The van der Waals surface area contributed by atoms with E-state index in [9.17, 15) is 0 Å². The number of piperidine rings is 1. The minimum absolute atomic E-state index is 0.512. The van der Waals surface area contributed by atoms with E-state index in [1.54, 1.807) is 12.4 Å². The molecule has 4 nitrogen and oxygen atoms in total. The molecule has 1 unspecified atom stereocenters. The molecule has 5 heteroatoms. The zero-order valence-electron chi connectivity index (χ0n) is 9.49. The zero-order valence-corrected chi connectivity index (χ0v) is 10.2. The van der Waals surface area contributed by atoms with E-state index in [0.717, 1.165) is 25.3 Å². The van der Waals surface area contributed by atoms with Gasteiger partial charge in [0.15, 0.2) is 5.15 Å². The largest absolute Gasteiger partial charge is 0.315 e. The van der Waals surface area contributed by atoms with Crippen LogP contribution in [-0.4, -0.2) is 41.0 Å². The van der Waals surface area contributed by atoms with Crippen LogP contribution in [0.3, 0.4) is 0 Å². The second-order valence-electron chi connectivity index (χ2n) is 4.21. The molecule has 2 heterocycles. The van der Waals surface area contributed by atoms with Crippen molar-refractivity contribution in [3.63, 3.8) is 0 Å². The van der Waals surface area contributed by atoms with Crippen molar-refractivity contribution in [2.24, 2.45) is 0 Å². The lowest BCUT2D eigenvalue weighted by atomic mass is 10.1. The van der Waals surface area contributed by atoms with Crippen LogP contribution in [0.4, 0.5) is 0 Å². The van der Waals surface area contributed by atoms with Crippen LogP contribution in [-0.2, 0) is 6.54 Å². The Hall–Kier alpha value is -0.710. The summed E-state index contributed by atoms with van der Waals surface area (Å²) in [7, 11) is 2.11. The summed E-state index contributed by atoms with van der Waals surface area (Å²) in [6, 6.07) is 0.576. The Morgan fingerprint density at radius 3 is 3.00 bits per heavy atom. The Morgan fingerprint density at radius 1 is 1.50 bits per heavy atom. The van der Waals surface area contributed by atoms with Gasteiger partial charge in [-0.1, -0.05) is 11.6 Å². The highest BCUT2D eigenvalue weighted by Crippen LogP contribution is 2.15. The molecule has 0 radical (unpaired) electrons. The van der Waals surface area contributed by atoms with Crippen molar-refractivity contribution in [3.8, 4) is 0 Å². The SMILES string of the molecule is CN(Cc1nccnc1Cl)C1CCCNC1. The lowest BCUT2D eigenvalue weighted by Gasteiger charge is -2.31. The van der Waals surface area contributed by atoms with Gasteiger partial charge in [0.05, 0.1) is 5.69 Å². The van der Waals surface area contributed by atoms with Crippen molar-refractivity contribution in [2.75, 3.05) is 20.1 Å². The maximum Gasteiger partial charge on any atom is 0.151 e. The first kappa shape index (κ1) is 11.8. The molecule has 0 aliphatic carbocycles. The van der Waals surface area contributed by atoms with Gasteiger partial charge in [-0.3, -0.25) is 9.88 Å². The Morgan fingerprint density at radius 2 is 2.31 bits per heavy atom. The lowest BCUT2D eigenvalue weighted by Crippen LogP contribution is -2.43. The average Bonchev–Trinajstić information content (AvgIpc) is 2.33. The van der Waals surface area contributed by atoms with Gasteiger partial charge in [0, 0.05) is 31.5 Å². The topological polar surface area (TPSA) is 41.1 Å². The number of hydrogen-bond acceptors (Lipinski definition) is 4. The zero-order chi connectivity index (χ0) is 11.4. The van der Waals surface area contributed by atoms with Crippen LogP contribution in [0.1, 0.15) is 18.5 Å². The Bertz CT molecular complexity index is 339. The average molecular weight is 241 g/mol. The maximum absolute atomic E-state index is 5.99. The van der Waals surface area contributed by atoms with Gasteiger partial charge in [-0.2, -0.15) is 0 Å². The number of aromatic nitrogens is 2. The van der Waals surface area contributed by atoms with Gasteiger partial charge < -0.3 is 5.32 Å². The van der Waals surface area contributed by atoms with Gasteiger partial charge in [-0.25, -0.2) is 4.98 Å².